The van der Waals surface area contributed by atoms with Gasteiger partial charge < -0.3 is 0 Å². The number of rotatable bonds is 4. The van der Waals surface area contributed by atoms with Gasteiger partial charge in [0, 0.05) is 29.3 Å². The van der Waals surface area contributed by atoms with E-state index in [1.807, 2.05) is 36.6 Å². The van der Waals surface area contributed by atoms with Gasteiger partial charge in [-0.3, -0.25) is 15.1 Å². The van der Waals surface area contributed by atoms with Crippen LogP contribution in [0.1, 0.15) is 10.6 Å². The Morgan fingerprint density at radius 1 is 1.22 bits per heavy atom. The summed E-state index contributed by atoms with van der Waals surface area (Å²) >= 11 is 1.61. The van der Waals surface area contributed by atoms with Crippen molar-refractivity contribution in [2.75, 3.05) is 0 Å². The van der Waals surface area contributed by atoms with Crippen LogP contribution in [-0.2, 0) is 0 Å². The van der Waals surface area contributed by atoms with E-state index in [0.29, 0.717) is 5.56 Å². The van der Waals surface area contributed by atoms with Crippen LogP contribution in [-0.4, -0.2) is 16.1 Å². The second-order valence-corrected chi connectivity index (χ2v) is 5.97. The molecule has 23 heavy (non-hydrogen) atoms. The number of nitro benzene ring substituents is 1. The molecule has 1 heterocycles. The van der Waals surface area contributed by atoms with Crippen LogP contribution in [0.5, 0.6) is 0 Å². The van der Waals surface area contributed by atoms with Gasteiger partial charge in [0.2, 0.25) is 0 Å². The van der Waals surface area contributed by atoms with Gasteiger partial charge in [0.05, 0.1) is 21.3 Å². The van der Waals surface area contributed by atoms with Crippen LogP contribution in [0.4, 0.5) is 11.4 Å². The van der Waals surface area contributed by atoms with Crippen LogP contribution in [0, 0.1) is 17.0 Å². The molecular weight excluding hydrogens is 310 g/mol. The Labute approximate surface area is 137 Å². The lowest BCUT2D eigenvalue weighted by molar-refractivity contribution is -0.384. The first-order valence-electron chi connectivity index (χ1n) is 6.93. The van der Waals surface area contributed by atoms with Crippen molar-refractivity contribution in [2.24, 2.45) is 4.99 Å². The van der Waals surface area contributed by atoms with Crippen molar-refractivity contribution in [2.45, 2.75) is 6.92 Å². The Kier molecular flexibility index (Phi) is 4.25. The minimum atomic E-state index is -0.414. The van der Waals surface area contributed by atoms with Crippen molar-refractivity contribution in [1.29, 1.82) is 0 Å². The minimum Gasteiger partial charge on any atom is -0.258 e. The van der Waals surface area contributed by atoms with Crippen LogP contribution >= 0.6 is 11.3 Å². The maximum atomic E-state index is 10.8. The summed E-state index contributed by atoms with van der Waals surface area (Å²) in [5.41, 5.74) is 3.46. The molecule has 0 amide bonds. The molecule has 1 aromatic heterocycles. The number of non-ortho nitro benzene ring substituents is 1. The summed E-state index contributed by atoms with van der Waals surface area (Å²) in [6, 6.07) is 14.1. The Morgan fingerprint density at radius 3 is 2.78 bits per heavy atom. The molecular formula is C17H13N3O2S. The van der Waals surface area contributed by atoms with E-state index in [4.69, 9.17) is 0 Å². The van der Waals surface area contributed by atoms with Crippen LogP contribution in [0.15, 0.2) is 58.9 Å². The van der Waals surface area contributed by atoms with Gasteiger partial charge in [-0.15, -0.1) is 11.3 Å². The molecule has 0 saturated carbocycles. The number of thiazole rings is 1. The number of aryl methyl sites for hydroxylation is 1. The monoisotopic (exact) mass is 323 g/mol. The molecule has 5 nitrogen and oxygen atoms in total. The molecule has 0 fully saturated rings. The zero-order valence-electron chi connectivity index (χ0n) is 12.3. The maximum Gasteiger partial charge on any atom is 0.270 e. The van der Waals surface area contributed by atoms with E-state index in [2.05, 4.69) is 9.98 Å². The van der Waals surface area contributed by atoms with Crippen molar-refractivity contribution in [1.82, 2.24) is 4.98 Å². The molecule has 6 heteroatoms. The molecule has 3 rings (SSSR count). The van der Waals surface area contributed by atoms with Crippen molar-refractivity contribution in [3.05, 3.63) is 74.6 Å². The third kappa shape index (κ3) is 3.67. The minimum absolute atomic E-state index is 0.0562. The van der Waals surface area contributed by atoms with Crippen molar-refractivity contribution >= 4 is 28.9 Å². The molecule has 0 aliphatic carbocycles. The van der Waals surface area contributed by atoms with E-state index in [-0.39, 0.29) is 5.69 Å². The van der Waals surface area contributed by atoms with Crippen LogP contribution in [0.3, 0.4) is 0 Å². The van der Waals surface area contributed by atoms with Crippen LogP contribution in [0.25, 0.3) is 11.3 Å². The highest BCUT2D eigenvalue weighted by atomic mass is 32.1. The van der Waals surface area contributed by atoms with E-state index < -0.39 is 4.92 Å². The zero-order chi connectivity index (χ0) is 16.2. The number of nitro groups is 1. The number of aromatic nitrogens is 1. The molecule has 2 aromatic carbocycles. The van der Waals surface area contributed by atoms with Gasteiger partial charge in [-0.25, -0.2) is 4.98 Å². The molecule has 0 bridgehead atoms. The lowest BCUT2D eigenvalue weighted by atomic mass is 10.1. The van der Waals surface area contributed by atoms with Crippen molar-refractivity contribution in [3.63, 3.8) is 0 Å². The number of hydrogen-bond donors (Lipinski definition) is 0. The summed E-state index contributed by atoms with van der Waals surface area (Å²) in [4.78, 5) is 19.2. The highest BCUT2D eigenvalue weighted by molar-refractivity contribution is 7.09. The smallest absolute Gasteiger partial charge is 0.258 e. The van der Waals surface area contributed by atoms with Crippen molar-refractivity contribution < 1.29 is 4.92 Å². The summed E-state index contributed by atoms with van der Waals surface area (Å²) in [5, 5.41) is 13.8. The summed E-state index contributed by atoms with van der Waals surface area (Å²) in [6.07, 6.45) is 1.62. The Balaban J connectivity index is 1.85. The SMILES string of the molecule is Cc1nc(-c2cccc(N=Cc3cccc([N+](=O)[O-])c3)c2)cs1. The molecule has 3 aromatic rings. The standard InChI is InChI=1S/C17H13N3O2S/c1-12-19-17(11-23-12)14-5-3-6-15(9-14)18-10-13-4-2-7-16(8-13)20(21)22/h2-11H,1H3. The number of hydrogen-bond acceptors (Lipinski definition) is 5. The molecule has 0 spiro atoms. The zero-order valence-corrected chi connectivity index (χ0v) is 13.2. The van der Waals surface area contributed by atoms with Gasteiger partial charge in [-0.05, 0) is 24.6 Å². The Hall–Kier alpha value is -2.86. The quantitative estimate of drug-likeness (QED) is 0.394. The first-order chi connectivity index (χ1) is 11.1. The molecule has 0 N–H and O–H groups in total. The van der Waals surface area contributed by atoms with Crippen LogP contribution < -0.4 is 0 Å². The van der Waals surface area contributed by atoms with Gasteiger partial charge in [0.1, 0.15) is 0 Å². The highest BCUT2D eigenvalue weighted by Crippen LogP contribution is 2.25. The second-order valence-electron chi connectivity index (χ2n) is 4.91. The summed E-state index contributed by atoms with van der Waals surface area (Å²) in [6.45, 7) is 1.97. The van der Waals surface area contributed by atoms with E-state index in [1.165, 1.54) is 12.1 Å². The first-order valence-corrected chi connectivity index (χ1v) is 7.81. The molecule has 0 aliphatic rings. The largest absolute Gasteiger partial charge is 0.270 e. The third-order valence-electron chi connectivity index (χ3n) is 3.20. The second kappa shape index (κ2) is 6.50. The first kappa shape index (κ1) is 15.1. The number of nitrogens with zero attached hydrogens (tertiary/aromatic N) is 3. The Bertz CT molecular complexity index is 887. The average molecular weight is 323 g/mol. The fraction of sp³-hybridized carbons (Fsp3) is 0.0588. The Morgan fingerprint density at radius 2 is 2.04 bits per heavy atom. The van der Waals surface area contributed by atoms with Crippen LogP contribution in [0.2, 0.25) is 0 Å². The van der Waals surface area contributed by atoms with E-state index in [9.17, 15) is 10.1 Å². The van der Waals surface area contributed by atoms with E-state index in [1.54, 1.807) is 29.7 Å². The maximum absolute atomic E-state index is 10.8. The molecule has 0 unspecified atom stereocenters. The molecule has 0 radical (unpaired) electrons. The van der Waals surface area contributed by atoms with Gasteiger partial charge in [-0.1, -0.05) is 24.3 Å². The topological polar surface area (TPSA) is 68.4 Å². The molecule has 114 valence electrons. The average Bonchev–Trinajstić information content (AvgIpc) is 3.00. The predicted octanol–water partition coefficient (Wildman–Crippen LogP) is 4.78. The van der Waals surface area contributed by atoms with Crippen molar-refractivity contribution in [3.8, 4) is 11.3 Å². The number of aliphatic imine (C=N–C) groups is 1. The predicted molar refractivity (Wildman–Crippen MR) is 92.6 cm³/mol. The van der Waals surface area contributed by atoms with Gasteiger partial charge in [-0.2, -0.15) is 0 Å². The normalized spacial score (nSPS) is 11.0. The molecule has 0 saturated heterocycles. The molecule has 0 aliphatic heterocycles. The fourth-order valence-corrected chi connectivity index (χ4v) is 2.73. The summed E-state index contributed by atoms with van der Waals surface area (Å²) in [5.74, 6) is 0. The molecule has 0 atom stereocenters. The lowest BCUT2D eigenvalue weighted by Crippen LogP contribution is -1.89. The third-order valence-corrected chi connectivity index (χ3v) is 3.98. The number of benzene rings is 2. The van der Waals surface area contributed by atoms with E-state index >= 15 is 0 Å². The summed E-state index contributed by atoms with van der Waals surface area (Å²) < 4.78 is 0. The summed E-state index contributed by atoms with van der Waals surface area (Å²) in [7, 11) is 0. The highest BCUT2D eigenvalue weighted by Gasteiger charge is 2.05. The van der Waals surface area contributed by atoms with Gasteiger partial charge >= 0.3 is 0 Å². The fourth-order valence-electron chi connectivity index (χ4n) is 2.11. The van der Waals surface area contributed by atoms with Gasteiger partial charge in [0.25, 0.3) is 5.69 Å². The van der Waals surface area contributed by atoms with E-state index in [0.717, 1.165) is 22.0 Å². The van der Waals surface area contributed by atoms with Gasteiger partial charge in [0.15, 0.2) is 0 Å². The lowest BCUT2D eigenvalue weighted by Gasteiger charge is -1.99.